The van der Waals surface area contributed by atoms with Gasteiger partial charge >= 0.3 is 0 Å². The van der Waals surface area contributed by atoms with E-state index in [1.54, 1.807) is 0 Å². The highest BCUT2D eigenvalue weighted by Crippen LogP contribution is 2.43. The van der Waals surface area contributed by atoms with Crippen LogP contribution in [0.15, 0.2) is 156 Å². The molecule has 8 aromatic carbocycles. The SMILES string of the molecule is c1ccc2cc3c(cc2c1)c1ccccc1n3-c1nc2oc3ccccc3c2nc1-c1cccc2c3ccccc3c3ccccc3c12. The van der Waals surface area contributed by atoms with Crippen LogP contribution in [0.2, 0.25) is 0 Å². The van der Waals surface area contributed by atoms with Crippen molar-refractivity contribution < 1.29 is 4.42 Å². The lowest BCUT2D eigenvalue weighted by Gasteiger charge is -2.17. The predicted octanol–water partition coefficient (Wildman–Crippen LogP) is 11.8. The summed E-state index contributed by atoms with van der Waals surface area (Å²) in [7, 11) is 0. The molecule has 0 bridgehead atoms. The smallest absolute Gasteiger partial charge is 0.248 e. The average molecular weight is 612 g/mol. The maximum absolute atomic E-state index is 6.40. The topological polar surface area (TPSA) is 43.9 Å². The number of furan rings is 1. The minimum absolute atomic E-state index is 0.525. The zero-order valence-corrected chi connectivity index (χ0v) is 25.7. The van der Waals surface area contributed by atoms with E-state index < -0.39 is 0 Å². The number of nitrogens with zero attached hydrogens (tertiary/aromatic N) is 3. The van der Waals surface area contributed by atoms with Crippen LogP contribution in [0.4, 0.5) is 0 Å². The normalized spacial score (nSPS) is 12.2. The molecule has 11 rings (SSSR count). The molecule has 4 heteroatoms. The minimum Gasteiger partial charge on any atom is -0.436 e. The summed E-state index contributed by atoms with van der Waals surface area (Å²) >= 11 is 0. The summed E-state index contributed by atoms with van der Waals surface area (Å²) < 4.78 is 8.69. The number of fused-ring (bicyclic) bond motifs is 13. The van der Waals surface area contributed by atoms with E-state index in [2.05, 4.69) is 138 Å². The lowest BCUT2D eigenvalue weighted by atomic mass is 9.90. The second-order valence-electron chi connectivity index (χ2n) is 12.5. The molecule has 0 aliphatic rings. The van der Waals surface area contributed by atoms with Crippen LogP contribution in [-0.2, 0) is 0 Å². The molecule has 0 saturated carbocycles. The van der Waals surface area contributed by atoms with Gasteiger partial charge in [-0.05, 0) is 73.4 Å². The van der Waals surface area contributed by atoms with Gasteiger partial charge in [-0.2, -0.15) is 4.98 Å². The first-order valence-electron chi connectivity index (χ1n) is 16.3. The van der Waals surface area contributed by atoms with Crippen LogP contribution in [0.3, 0.4) is 0 Å². The van der Waals surface area contributed by atoms with Crippen LogP contribution < -0.4 is 0 Å². The van der Waals surface area contributed by atoms with Crippen molar-refractivity contribution in [3.63, 3.8) is 0 Å². The summed E-state index contributed by atoms with van der Waals surface area (Å²) in [5.41, 5.74) is 6.07. The summed E-state index contributed by atoms with van der Waals surface area (Å²) in [5, 5.41) is 12.9. The highest BCUT2D eigenvalue weighted by atomic mass is 16.3. The molecule has 0 aliphatic carbocycles. The van der Waals surface area contributed by atoms with Crippen molar-refractivity contribution in [3.05, 3.63) is 152 Å². The van der Waals surface area contributed by atoms with Gasteiger partial charge < -0.3 is 4.42 Å². The number of benzene rings is 8. The quantitative estimate of drug-likeness (QED) is 0.183. The van der Waals surface area contributed by atoms with Crippen molar-refractivity contribution in [1.29, 1.82) is 0 Å². The molecular formula is C44H25N3O. The Morgan fingerprint density at radius 1 is 0.438 bits per heavy atom. The van der Waals surface area contributed by atoms with E-state index in [1.807, 2.05) is 18.2 Å². The molecule has 0 amide bonds. The first-order valence-corrected chi connectivity index (χ1v) is 16.3. The Hall–Kier alpha value is -6.52. The molecule has 0 aliphatic heterocycles. The Kier molecular flexibility index (Phi) is 5.08. The third-order valence-corrected chi connectivity index (χ3v) is 9.97. The van der Waals surface area contributed by atoms with E-state index in [0.717, 1.165) is 44.6 Å². The van der Waals surface area contributed by atoms with Crippen LogP contribution in [-0.4, -0.2) is 14.5 Å². The largest absolute Gasteiger partial charge is 0.436 e. The minimum atomic E-state index is 0.525. The third kappa shape index (κ3) is 3.43. The van der Waals surface area contributed by atoms with Gasteiger partial charge in [-0.1, -0.05) is 121 Å². The molecule has 3 aromatic heterocycles. The van der Waals surface area contributed by atoms with Crippen LogP contribution in [0.5, 0.6) is 0 Å². The van der Waals surface area contributed by atoms with E-state index >= 15 is 0 Å². The van der Waals surface area contributed by atoms with Crippen LogP contribution >= 0.6 is 0 Å². The summed E-state index contributed by atoms with van der Waals surface area (Å²) in [6.45, 7) is 0. The molecule has 11 aromatic rings. The van der Waals surface area contributed by atoms with Crippen molar-refractivity contribution in [2.24, 2.45) is 0 Å². The summed E-state index contributed by atoms with van der Waals surface area (Å²) in [4.78, 5) is 10.9. The van der Waals surface area contributed by atoms with Crippen molar-refractivity contribution in [2.45, 2.75) is 0 Å². The molecule has 0 radical (unpaired) electrons. The van der Waals surface area contributed by atoms with Gasteiger partial charge in [-0.15, -0.1) is 0 Å². The fraction of sp³-hybridized carbons (Fsp3) is 0. The molecular weight excluding hydrogens is 587 g/mol. The summed E-state index contributed by atoms with van der Waals surface area (Å²) in [5.74, 6) is 0.743. The van der Waals surface area contributed by atoms with Gasteiger partial charge in [-0.25, -0.2) is 4.98 Å². The number of para-hydroxylation sites is 2. The average Bonchev–Trinajstić information content (AvgIpc) is 3.67. The molecule has 0 spiro atoms. The fourth-order valence-corrected chi connectivity index (χ4v) is 7.89. The second kappa shape index (κ2) is 9.50. The zero-order chi connectivity index (χ0) is 31.3. The number of hydrogen-bond donors (Lipinski definition) is 0. The lowest BCUT2D eigenvalue weighted by Crippen LogP contribution is -2.03. The van der Waals surface area contributed by atoms with Crippen molar-refractivity contribution >= 4 is 87.1 Å². The first-order chi connectivity index (χ1) is 23.8. The monoisotopic (exact) mass is 611 g/mol. The van der Waals surface area contributed by atoms with Crippen molar-refractivity contribution in [3.8, 4) is 17.1 Å². The first kappa shape index (κ1) is 25.6. The van der Waals surface area contributed by atoms with Gasteiger partial charge in [-0.3, -0.25) is 4.57 Å². The molecule has 0 unspecified atom stereocenters. The Labute approximate surface area is 274 Å². The molecule has 0 N–H and O–H groups in total. The fourth-order valence-electron chi connectivity index (χ4n) is 7.89. The highest BCUT2D eigenvalue weighted by molar-refractivity contribution is 6.28. The third-order valence-electron chi connectivity index (χ3n) is 9.97. The standard InChI is InChI=1S/C44H25N3O/c1-2-13-27-25-38-36(24-26(27)12-1)31-17-7-9-22-37(31)47(38)43-41(45-42-34-19-8-10-23-39(34)48-44(42)46-43)35-21-11-20-33-30-15-4-3-14-28(30)29-16-5-6-18-32(29)40(33)35/h1-25H. The molecule has 0 saturated heterocycles. The van der Waals surface area contributed by atoms with Gasteiger partial charge in [0.1, 0.15) is 16.8 Å². The van der Waals surface area contributed by atoms with E-state index in [-0.39, 0.29) is 0 Å². The predicted molar refractivity (Wildman–Crippen MR) is 199 cm³/mol. The van der Waals surface area contributed by atoms with Gasteiger partial charge in [0.15, 0.2) is 5.82 Å². The number of hydrogen-bond acceptors (Lipinski definition) is 3. The summed E-state index contributed by atoms with van der Waals surface area (Å²) in [6.07, 6.45) is 0. The number of aromatic nitrogens is 3. The number of rotatable bonds is 2. The maximum atomic E-state index is 6.40. The highest BCUT2D eigenvalue weighted by Gasteiger charge is 2.24. The van der Waals surface area contributed by atoms with Crippen molar-refractivity contribution in [1.82, 2.24) is 14.5 Å². The molecule has 0 atom stereocenters. The maximum Gasteiger partial charge on any atom is 0.248 e. The van der Waals surface area contributed by atoms with E-state index in [0.29, 0.717) is 5.71 Å². The van der Waals surface area contributed by atoms with Gasteiger partial charge in [0.05, 0.1) is 11.0 Å². The van der Waals surface area contributed by atoms with E-state index in [9.17, 15) is 0 Å². The zero-order valence-electron chi connectivity index (χ0n) is 25.7. The summed E-state index contributed by atoms with van der Waals surface area (Å²) in [6, 6.07) is 53.8. The second-order valence-corrected chi connectivity index (χ2v) is 12.5. The molecule has 0 fully saturated rings. The molecule has 3 heterocycles. The molecule has 4 nitrogen and oxygen atoms in total. The Bertz CT molecular complexity index is 3090. The Morgan fingerprint density at radius 2 is 1.02 bits per heavy atom. The van der Waals surface area contributed by atoms with Crippen molar-refractivity contribution in [2.75, 3.05) is 0 Å². The van der Waals surface area contributed by atoms with Gasteiger partial charge in [0, 0.05) is 21.7 Å². The van der Waals surface area contributed by atoms with E-state index in [4.69, 9.17) is 14.4 Å². The molecule has 222 valence electrons. The molecule has 48 heavy (non-hydrogen) atoms. The lowest BCUT2D eigenvalue weighted by molar-refractivity contribution is 0.652. The Balaban J connectivity index is 1.36. The van der Waals surface area contributed by atoms with Gasteiger partial charge in [0.25, 0.3) is 0 Å². The Morgan fingerprint density at radius 3 is 1.79 bits per heavy atom. The van der Waals surface area contributed by atoms with Gasteiger partial charge in [0.2, 0.25) is 5.71 Å². The van der Waals surface area contributed by atoms with Crippen LogP contribution in [0.1, 0.15) is 0 Å². The van der Waals surface area contributed by atoms with E-state index in [1.165, 1.54) is 53.9 Å². The van der Waals surface area contributed by atoms with Crippen LogP contribution in [0, 0.1) is 0 Å². The van der Waals surface area contributed by atoms with Crippen LogP contribution in [0.25, 0.3) is 104 Å².